The van der Waals surface area contributed by atoms with Gasteiger partial charge in [-0.05, 0) is 23.3 Å². The summed E-state index contributed by atoms with van der Waals surface area (Å²) in [5, 5.41) is 11.7. The molecule has 0 aliphatic rings. The van der Waals surface area contributed by atoms with E-state index in [4.69, 9.17) is 4.74 Å². The maximum atomic E-state index is 11.9. The molecule has 1 unspecified atom stereocenters. The minimum atomic E-state index is -1.20. The van der Waals surface area contributed by atoms with Crippen LogP contribution in [0.2, 0.25) is 0 Å². The van der Waals surface area contributed by atoms with Crippen molar-refractivity contribution in [1.29, 1.82) is 0 Å². The minimum absolute atomic E-state index is 0.000600. The van der Waals surface area contributed by atoms with Crippen LogP contribution in [-0.4, -0.2) is 36.3 Å². The molecule has 0 saturated heterocycles. The molecule has 0 heterocycles. The number of hydrogen-bond acceptors (Lipinski definition) is 5. The van der Waals surface area contributed by atoms with E-state index < -0.39 is 24.1 Å². The maximum Gasteiger partial charge on any atom is 0.408 e. The zero-order valence-corrected chi connectivity index (χ0v) is 14.2. The standard InChI is InChI=1S/C19H19NO6/c1-25-18(23)15-9-5-8-14(10-15)11-16(17(21)22)20-19(24)26-12-13-6-3-2-4-7-13/h2-10,16H,11-12H2,1H3,(H,20,24)(H,21,22). The first-order chi connectivity index (χ1) is 12.5. The van der Waals surface area contributed by atoms with Gasteiger partial charge in [-0.1, -0.05) is 42.5 Å². The Morgan fingerprint density at radius 1 is 1.04 bits per heavy atom. The molecule has 1 atom stereocenters. The number of carbonyl (C=O) groups excluding carboxylic acids is 2. The molecular weight excluding hydrogens is 338 g/mol. The van der Waals surface area contributed by atoms with Crippen molar-refractivity contribution in [2.75, 3.05) is 7.11 Å². The normalized spacial score (nSPS) is 11.3. The van der Waals surface area contributed by atoms with Gasteiger partial charge in [0.25, 0.3) is 0 Å². The highest BCUT2D eigenvalue weighted by molar-refractivity contribution is 5.89. The Kier molecular flexibility index (Phi) is 6.73. The predicted molar refractivity (Wildman–Crippen MR) is 92.7 cm³/mol. The van der Waals surface area contributed by atoms with E-state index >= 15 is 0 Å². The van der Waals surface area contributed by atoms with Crippen molar-refractivity contribution >= 4 is 18.0 Å². The summed E-state index contributed by atoms with van der Waals surface area (Å²) in [5.41, 5.74) is 1.67. The van der Waals surface area contributed by atoms with Gasteiger partial charge in [-0.2, -0.15) is 0 Å². The van der Waals surface area contributed by atoms with Crippen LogP contribution in [0.25, 0.3) is 0 Å². The number of carboxylic acids is 1. The fourth-order valence-corrected chi connectivity index (χ4v) is 2.29. The fraction of sp³-hybridized carbons (Fsp3) is 0.211. The Hall–Kier alpha value is -3.35. The first-order valence-electron chi connectivity index (χ1n) is 7.87. The van der Waals surface area contributed by atoms with E-state index in [1.165, 1.54) is 13.2 Å². The quantitative estimate of drug-likeness (QED) is 0.738. The van der Waals surface area contributed by atoms with Crippen molar-refractivity contribution in [1.82, 2.24) is 5.32 Å². The summed E-state index contributed by atoms with van der Waals surface area (Å²) in [4.78, 5) is 34.9. The van der Waals surface area contributed by atoms with Crippen LogP contribution < -0.4 is 5.32 Å². The van der Waals surface area contributed by atoms with E-state index in [1.54, 1.807) is 30.3 Å². The molecule has 2 aromatic carbocycles. The Labute approximate surface area is 150 Å². The third-order valence-electron chi connectivity index (χ3n) is 3.59. The van der Waals surface area contributed by atoms with Crippen molar-refractivity contribution in [2.24, 2.45) is 0 Å². The molecule has 0 aliphatic carbocycles. The summed E-state index contributed by atoms with van der Waals surface area (Å²) >= 11 is 0. The van der Waals surface area contributed by atoms with Gasteiger partial charge in [0, 0.05) is 6.42 Å². The van der Waals surface area contributed by atoms with E-state index in [2.05, 4.69) is 10.1 Å². The van der Waals surface area contributed by atoms with Gasteiger partial charge in [0.1, 0.15) is 12.6 Å². The second-order valence-corrected chi connectivity index (χ2v) is 5.49. The molecule has 7 heteroatoms. The average molecular weight is 357 g/mol. The lowest BCUT2D eigenvalue weighted by atomic mass is 10.0. The number of alkyl carbamates (subject to hydrolysis) is 1. The number of nitrogens with one attached hydrogen (secondary N) is 1. The van der Waals surface area contributed by atoms with Crippen LogP contribution in [0.5, 0.6) is 0 Å². The Bertz CT molecular complexity index is 775. The van der Waals surface area contributed by atoms with Gasteiger partial charge in [-0.3, -0.25) is 0 Å². The number of methoxy groups -OCH3 is 1. The van der Waals surface area contributed by atoms with Crippen LogP contribution in [0, 0.1) is 0 Å². The van der Waals surface area contributed by atoms with E-state index in [0.29, 0.717) is 11.1 Å². The number of amides is 1. The number of aliphatic carboxylic acids is 1. The molecule has 26 heavy (non-hydrogen) atoms. The van der Waals surface area contributed by atoms with Crippen LogP contribution >= 0.6 is 0 Å². The molecule has 7 nitrogen and oxygen atoms in total. The van der Waals surface area contributed by atoms with Gasteiger partial charge >= 0.3 is 18.0 Å². The molecule has 0 fully saturated rings. The molecule has 0 radical (unpaired) electrons. The van der Waals surface area contributed by atoms with Crippen molar-refractivity contribution in [3.63, 3.8) is 0 Å². The van der Waals surface area contributed by atoms with Gasteiger partial charge in [-0.15, -0.1) is 0 Å². The molecule has 0 aliphatic heterocycles. The fourth-order valence-electron chi connectivity index (χ4n) is 2.29. The third-order valence-corrected chi connectivity index (χ3v) is 3.59. The van der Waals surface area contributed by atoms with E-state index in [0.717, 1.165) is 5.56 Å². The smallest absolute Gasteiger partial charge is 0.408 e. The van der Waals surface area contributed by atoms with Crippen molar-refractivity contribution < 1.29 is 29.0 Å². The molecular formula is C19H19NO6. The summed E-state index contributed by atoms with van der Waals surface area (Å²) in [7, 11) is 1.26. The maximum absolute atomic E-state index is 11.9. The SMILES string of the molecule is COC(=O)c1cccc(CC(NC(=O)OCc2ccccc2)C(=O)O)c1. The third kappa shape index (κ3) is 5.62. The summed E-state index contributed by atoms with van der Waals surface area (Å²) < 4.78 is 9.68. The van der Waals surface area contributed by atoms with Crippen molar-refractivity contribution in [2.45, 2.75) is 19.1 Å². The number of hydrogen-bond donors (Lipinski definition) is 2. The highest BCUT2D eigenvalue weighted by Gasteiger charge is 2.21. The number of ether oxygens (including phenoxy) is 2. The van der Waals surface area contributed by atoms with E-state index in [-0.39, 0.29) is 13.0 Å². The monoisotopic (exact) mass is 357 g/mol. The molecule has 0 aromatic heterocycles. The van der Waals surface area contributed by atoms with E-state index in [1.807, 2.05) is 18.2 Å². The van der Waals surface area contributed by atoms with Gasteiger partial charge in [0.05, 0.1) is 12.7 Å². The summed E-state index contributed by atoms with van der Waals surface area (Å²) in [6.07, 6.45) is -0.828. The van der Waals surface area contributed by atoms with E-state index in [9.17, 15) is 19.5 Å². The second-order valence-electron chi connectivity index (χ2n) is 5.49. The lowest BCUT2D eigenvalue weighted by Crippen LogP contribution is -2.42. The molecule has 136 valence electrons. The average Bonchev–Trinajstić information content (AvgIpc) is 2.66. The summed E-state index contributed by atoms with van der Waals surface area (Å²) in [6, 6.07) is 14.2. The molecule has 2 rings (SSSR count). The molecule has 2 aromatic rings. The summed E-state index contributed by atoms with van der Waals surface area (Å²) in [5.74, 6) is -1.72. The van der Waals surface area contributed by atoms with Gasteiger partial charge in [0.2, 0.25) is 0 Å². The molecule has 2 N–H and O–H groups in total. The van der Waals surface area contributed by atoms with Crippen LogP contribution in [0.1, 0.15) is 21.5 Å². The molecule has 0 saturated carbocycles. The lowest BCUT2D eigenvalue weighted by Gasteiger charge is -2.15. The van der Waals surface area contributed by atoms with Crippen LogP contribution in [-0.2, 0) is 27.3 Å². The first kappa shape index (κ1) is 19.0. The Morgan fingerprint density at radius 2 is 1.73 bits per heavy atom. The Balaban J connectivity index is 1.97. The first-order valence-corrected chi connectivity index (χ1v) is 7.87. The van der Waals surface area contributed by atoms with Crippen LogP contribution in [0.15, 0.2) is 54.6 Å². The van der Waals surface area contributed by atoms with Gasteiger partial charge in [0.15, 0.2) is 0 Å². The predicted octanol–water partition coefficient (Wildman–Crippen LogP) is 2.40. The zero-order valence-electron chi connectivity index (χ0n) is 14.2. The number of carboxylic acid groups (broad SMARTS) is 1. The molecule has 1 amide bonds. The van der Waals surface area contributed by atoms with Crippen molar-refractivity contribution in [3.8, 4) is 0 Å². The Morgan fingerprint density at radius 3 is 2.38 bits per heavy atom. The molecule has 0 bridgehead atoms. The highest BCUT2D eigenvalue weighted by Crippen LogP contribution is 2.10. The number of benzene rings is 2. The highest BCUT2D eigenvalue weighted by atomic mass is 16.5. The summed E-state index contributed by atoms with van der Waals surface area (Å²) in [6.45, 7) is 0.0385. The van der Waals surface area contributed by atoms with Crippen LogP contribution in [0.3, 0.4) is 0 Å². The van der Waals surface area contributed by atoms with Crippen molar-refractivity contribution in [3.05, 3.63) is 71.3 Å². The lowest BCUT2D eigenvalue weighted by molar-refractivity contribution is -0.139. The topological polar surface area (TPSA) is 102 Å². The zero-order chi connectivity index (χ0) is 18.9. The molecule has 0 spiro atoms. The number of carbonyl (C=O) groups is 3. The van der Waals surface area contributed by atoms with Gasteiger partial charge in [-0.25, -0.2) is 14.4 Å². The second kappa shape index (κ2) is 9.22. The minimum Gasteiger partial charge on any atom is -0.480 e. The van der Waals surface area contributed by atoms with Gasteiger partial charge < -0.3 is 19.9 Å². The largest absolute Gasteiger partial charge is 0.480 e. The number of rotatable bonds is 7. The number of esters is 1. The van der Waals surface area contributed by atoms with Crippen LogP contribution in [0.4, 0.5) is 4.79 Å².